The molecule has 32 heavy (non-hydrogen) atoms. The Morgan fingerprint density at radius 2 is 1.62 bits per heavy atom. The minimum atomic E-state index is -3.99. The number of hydrogen-bond donors (Lipinski definition) is 1. The van der Waals surface area contributed by atoms with Crippen molar-refractivity contribution in [1.82, 2.24) is 19.4 Å². The zero-order chi connectivity index (χ0) is 23.1. The summed E-state index contributed by atoms with van der Waals surface area (Å²) in [7, 11) is -3.99. The van der Waals surface area contributed by atoms with Crippen LogP contribution in [0.1, 0.15) is 12.5 Å². The molecule has 2 fully saturated rings. The van der Waals surface area contributed by atoms with Gasteiger partial charge in [0.25, 0.3) is 5.91 Å². The number of rotatable bonds is 5. The average Bonchev–Trinajstić information content (AvgIpc) is 3.00. The molecule has 1 atom stereocenters. The van der Waals surface area contributed by atoms with Gasteiger partial charge in [0.15, 0.2) is 11.6 Å². The van der Waals surface area contributed by atoms with Crippen molar-refractivity contribution in [3.8, 4) is 0 Å². The first kappa shape index (κ1) is 22.3. The molecule has 0 radical (unpaired) electrons. The van der Waals surface area contributed by atoms with Gasteiger partial charge in [-0.3, -0.25) is 9.69 Å². The fourth-order valence-corrected chi connectivity index (χ4v) is 5.32. The number of nitrogens with zero attached hydrogens (tertiary/aromatic N) is 3. The van der Waals surface area contributed by atoms with Crippen LogP contribution >= 0.6 is 0 Å². The van der Waals surface area contributed by atoms with Crippen LogP contribution in [-0.4, -0.2) is 67.3 Å². The summed E-state index contributed by atoms with van der Waals surface area (Å²) in [6.07, 6.45) is 0. The molecule has 2 saturated heterocycles. The van der Waals surface area contributed by atoms with E-state index in [0.29, 0.717) is 11.6 Å². The lowest BCUT2D eigenvalue weighted by atomic mass is 9.92. The molecule has 0 aromatic heterocycles. The molecule has 2 aliphatic heterocycles. The Morgan fingerprint density at radius 3 is 2.25 bits per heavy atom. The fourth-order valence-electron chi connectivity index (χ4n) is 3.89. The third-order valence-electron chi connectivity index (χ3n) is 5.83. The summed E-state index contributed by atoms with van der Waals surface area (Å²) in [6, 6.07) is 10.9. The number of carbonyl (C=O) groups is 2. The van der Waals surface area contributed by atoms with E-state index in [9.17, 15) is 26.8 Å². The molecule has 4 rings (SSSR count). The highest BCUT2D eigenvalue weighted by Gasteiger charge is 2.49. The van der Waals surface area contributed by atoms with Crippen molar-refractivity contribution in [1.29, 1.82) is 0 Å². The topological polar surface area (TPSA) is 90.0 Å². The minimum absolute atomic E-state index is 0.0200. The van der Waals surface area contributed by atoms with Gasteiger partial charge < -0.3 is 5.32 Å². The second kappa shape index (κ2) is 8.23. The number of carbonyl (C=O) groups excluding carboxylic acids is 2. The monoisotopic (exact) mass is 464 g/mol. The molecule has 3 amide bonds. The standard InChI is InChI=1S/C21H22F2N4O4S/c1-21(15-5-3-2-4-6-15)19(28)27(20(29)24-21)14-25-9-11-26(12-10-25)32(30,31)16-7-8-17(22)18(23)13-16/h2-8,13H,9-12,14H2,1H3,(H,24,29). The van der Waals surface area contributed by atoms with E-state index in [-0.39, 0.29) is 43.7 Å². The third kappa shape index (κ3) is 3.87. The zero-order valence-electron chi connectivity index (χ0n) is 17.3. The van der Waals surface area contributed by atoms with Crippen LogP contribution in [0.5, 0.6) is 0 Å². The molecule has 11 heteroatoms. The van der Waals surface area contributed by atoms with Gasteiger partial charge in [0.05, 0.1) is 11.6 Å². The number of piperazine rings is 1. The molecule has 2 aromatic rings. The Bertz CT molecular complexity index is 1150. The first-order valence-corrected chi connectivity index (χ1v) is 11.4. The lowest BCUT2D eigenvalue weighted by molar-refractivity contribution is -0.132. The van der Waals surface area contributed by atoms with Crippen molar-refractivity contribution in [2.75, 3.05) is 32.8 Å². The average molecular weight is 464 g/mol. The van der Waals surface area contributed by atoms with Gasteiger partial charge in [-0.25, -0.2) is 26.9 Å². The molecule has 2 aliphatic rings. The van der Waals surface area contributed by atoms with Gasteiger partial charge in [0, 0.05) is 26.2 Å². The van der Waals surface area contributed by atoms with E-state index in [1.165, 1.54) is 4.31 Å². The highest BCUT2D eigenvalue weighted by molar-refractivity contribution is 7.89. The van der Waals surface area contributed by atoms with E-state index in [1.54, 1.807) is 36.1 Å². The molecule has 0 spiro atoms. The predicted octanol–water partition coefficient (Wildman–Crippen LogP) is 1.70. The number of nitrogens with one attached hydrogen (secondary N) is 1. The van der Waals surface area contributed by atoms with Crippen LogP contribution < -0.4 is 5.32 Å². The lowest BCUT2D eigenvalue weighted by Gasteiger charge is -2.35. The highest BCUT2D eigenvalue weighted by Crippen LogP contribution is 2.29. The van der Waals surface area contributed by atoms with E-state index in [4.69, 9.17) is 0 Å². The summed E-state index contributed by atoms with van der Waals surface area (Å²) in [6.45, 7) is 2.37. The number of halogens is 2. The summed E-state index contributed by atoms with van der Waals surface area (Å²) < 4.78 is 53.3. The molecule has 1 N–H and O–H groups in total. The van der Waals surface area contributed by atoms with E-state index in [2.05, 4.69) is 5.32 Å². The smallest absolute Gasteiger partial charge is 0.319 e. The van der Waals surface area contributed by atoms with Crippen LogP contribution in [0.4, 0.5) is 13.6 Å². The summed E-state index contributed by atoms with van der Waals surface area (Å²) in [5.74, 6) is -2.74. The molecule has 8 nitrogen and oxygen atoms in total. The lowest BCUT2D eigenvalue weighted by Crippen LogP contribution is -2.52. The molecule has 1 unspecified atom stereocenters. The van der Waals surface area contributed by atoms with Crippen molar-refractivity contribution < 1.29 is 26.8 Å². The van der Waals surface area contributed by atoms with Gasteiger partial charge in [-0.1, -0.05) is 30.3 Å². The molecule has 2 aromatic carbocycles. The van der Waals surface area contributed by atoms with Crippen LogP contribution in [0.15, 0.2) is 53.4 Å². The van der Waals surface area contributed by atoms with Crippen LogP contribution in [0.25, 0.3) is 0 Å². The second-order valence-corrected chi connectivity index (χ2v) is 9.83. The molecular weight excluding hydrogens is 442 g/mol. The first-order chi connectivity index (χ1) is 15.1. The van der Waals surface area contributed by atoms with Crippen molar-refractivity contribution in [3.05, 3.63) is 65.7 Å². The van der Waals surface area contributed by atoms with Gasteiger partial charge in [0.1, 0.15) is 5.54 Å². The molecule has 0 aliphatic carbocycles. The maximum atomic E-state index is 13.5. The van der Waals surface area contributed by atoms with E-state index >= 15 is 0 Å². The molecular formula is C21H22F2N4O4S. The molecule has 170 valence electrons. The number of sulfonamides is 1. The first-order valence-electron chi connectivity index (χ1n) is 10.00. The zero-order valence-corrected chi connectivity index (χ0v) is 18.1. The van der Waals surface area contributed by atoms with Crippen molar-refractivity contribution in [2.45, 2.75) is 17.4 Å². The second-order valence-electron chi connectivity index (χ2n) is 7.89. The van der Waals surface area contributed by atoms with E-state index in [1.807, 2.05) is 6.07 Å². The number of hydrogen-bond acceptors (Lipinski definition) is 5. The molecule has 2 heterocycles. The Balaban J connectivity index is 1.41. The number of benzene rings is 2. The van der Waals surface area contributed by atoms with Crippen molar-refractivity contribution in [3.63, 3.8) is 0 Å². The summed E-state index contributed by atoms with van der Waals surface area (Å²) in [5, 5.41) is 2.74. The molecule has 0 bridgehead atoms. The van der Waals surface area contributed by atoms with E-state index in [0.717, 1.165) is 17.0 Å². The van der Waals surface area contributed by atoms with Gasteiger partial charge in [0.2, 0.25) is 10.0 Å². The maximum absolute atomic E-state index is 13.5. The quantitative estimate of drug-likeness (QED) is 0.681. The Hall–Kier alpha value is -2.89. The number of imide groups is 1. The summed E-state index contributed by atoms with van der Waals surface area (Å²) >= 11 is 0. The predicted molar refractivity (Wildman–Crippen MR) is 111 cm³/mol. The van der Waals surface area contributed by atoms with Crippen LogP contribution in [0.2, 0.25) is 0 Å². The number of amides is 3. The van der Waals surface area contributed by atoms with Gasteiger partial charge in [-0.05, 0) is 30.7 Å². The minimum Gasteiger partial charge on any atom is -0.319 e. The Morgan fingerprint density at radius 1 is 0.969 bits per heavy atom. The SMILES string of the molecule is CC1(c2ccccc2)NC(=O)N(CN2CCN(S(=O)(=O)c3ccc(F)c(F)c3)CC2)C1=O. The van der Waals surface area contributed by atoms with Crippen LogP contribution in [-0.2, 0) is 20.4 Å². The Kier molecular flexibility index (Phi) is 5.74. The Labute approximate surface area is 184 Å². The third-order valence-corrected chi connectivity index (χ3v) is 7.72. The summed E-state index contributed by atoms with van der Waals surface area (Å²) in [5.41, 5.74) is -0.501. The van der Waals surface area contributed by atoms with Gasteiger partial charge >= 0.3 is 6.03 Å². The normalized spacial score (nSPS) is 22.9. The summed E-state index contributed by atoms with van der Waals surface area (Å²) in [4.78, 5) is 28.1. The largest absolute Gasteiger partial charge is 0.326 e. The van der Waals surface area contributed by atoms with Gasteiger partial charge in [-0.15, -0.1) is 0 Å². The van der Waals surface area contributed by atoms with Gasteiger partial charge in [-0.2, -0.15) is 4.31 Å². The number of urea groups is 1. The van der Waals surface area contributed by atoms with Crippen LogP contribution in [0.3, 0.4) is 0 Å². The van der Waals surface area contributed by atoms with E-state index < -0.39 is 33.2 Å². The fraction of sp³-hybridized carbons (Fsp3) is 0.333. The van der Waals surface area contributed by atoms with Crippen molar-refractivity contribution >= 4 is 22.0 Å². The van der Waals surface area contributed by atoms with Crippen LogP contribution in [0, 0.1) is 11.6 Å². The molecule has 0 saturated carbocycles. The maximum Gasteiger partial charge on any atom is 0.326 e. The van der Waals surface area contributed by atoms with Crippen molar-refractivity contribution in [2.24, 2.45) is 0 Å². The highest BCUT2D eigenvalue weighted by atomic mass is 32.2.